The van der Waals surface area contributed by atoms with Gasteiger partial charge >= 0.3 is 17.9 Å². The summed E-state index contributed by atoms with van der Waals surface area (Å²) in [5.74, 6) is -0.995. The molecule has 0 aliphatic heterocycles. The zero-order chi connectivity index (χ0) is 55.0. The third-order valence-corrected chi connectivity index (χ3v) is 12.0. The fraction of sp³-hybridized carbons (Fsp3) is 0.557. The number of carbonyl (C=O) groups is 3. The van der Waals surface area contributed by atoms with E-state index in [1.165, 1.54) is 32.1 Å². The van der Waals surface area contributed by atoms with E-state index in [1.807, 2.05) is 0 Å². The van der Waals surface area contributed by atoms with Crippen LogP contribution in [0.15, 0.2) is 170 Å². The zero-order valence-electron chi connectivity index (χ0n) is 48.4. The van der Waals surface area contributed by atoms with Crippen LogP contribution in [-0.4, -0.2) is 37.2 Å². The van der Waals surface area contributed by atoms with E-state index in [2.05, 4.69) is 191 Å². The number of hydrogen-bond donors (Lipinski definition) is 0. The second kappa shape index (κ2) is 62.3. The second-order valence-electron chi connectivity index (χ2n) is 19.1. The molecule has 0 aliphatic carbocycles. The molecule has 0 radical (unpaired) electrons. The van der Waals surface area contributed by atoms with Gasteiger partial charge in [0.25, 0.3) is 0 Å². The molecule has 0 amide bonds. The fourth-order valence-electron chi connectivity index (χ4n) is 7.52. The van der Waals surface area contributed by atoms with Gasteiger partial charge in [-0.3, -0.25) is 14.4 Å². The van der Waals surface area contributed by atoms with Gasteiger partial charge in [-0.1, -0.05) is 249 Å². The van der Waals surface area contributed by atoms with Crippen LogP contribution in [-0.2, 0) is 28.6 Å². The van der Waals surface area contributed by atoms with E-state index in [1.54, 1.807) is 0 Å². The van der Waals surface area contributed by atoms with Crippen LogP contribution < -0.4 is 0 Å². The molecule has 0 aromatic carbocycles. The van der Waals surface area contributed by atoms with Gasteiger partial charge in [-0.2, -0.15) is 0 Å². The Morgan fingerprint density at radius 3 is 0.829 bits per heavy atom. The highest BCUT2D eigenvalue weighted by molar-refractivity contribution is 5.71. The van der Waals surface area contributed by atoms with E-state index in [0.717, 1.165) is 154 Å². The highest BCUT2D eigenvalue weighted by Gasteiger charge is 2.19. The monoisotopic (exact) mass is 1040 g/mol. The Morgan fingerprint density at radius 1 is 0.276 bits per heavy atom. The quantitative estimate of drug-likeness (QED) is 0.0261. The number of esters is 3. The van der Waals surface area contributed by atoms with Crippen LogP contribution >= 0.6 is 0 Å². The van der Waals surface area contributed by atoms with E-state index in [0.29, 0.717) is 12.8 Å². The molecule has 0 aromatic rings. The zero-order valence-corrected chi connectivity index (χ0v) is 48.4. The van der Waals surface area contributed by atoms with E-state index in [-0.39, 0.29) is 44.0 Å². The summed E-state index contributed by atoms with van der Waals surface area (Å²) in [5.41, 5.74) is 0. The van der Waals surface area contributed by atoms with Gasteiger partial charge in [0.1, 0.15) is 13.2 Å². The first-order chi connectivity index (χ1) is 37.5. The third kappa shape index (κ3) is 59.6. The SMILES string of the molecule is CC/C=C\C/C=C\C/C=C\C/C=C\C/C=C\C/C=C\C/C=C\C/C=C\CCCCC(=O)OCC(COC(=O)CCCCCCCCCC)OC(=O)CCCCCC/C=C\C/C=C\C/C=C\C/C=C\C/C=C\C/C=C\CC. The summed E-state index contributed by atoms with van der Waals surface area (Å²) in [6.45, 7) is 6.30. The topological polar surface area (TPSA) is 78.9 Å². The van der Waals surface area contributed by atoms with Crippen LogP contribution in [0.3, 0.4) is 0 Å². The average molecular weight is 1050 g/mol. The minimum atomic E-state index is -0.817. The van der Waals surface area contributed by atoms with Crippen molar-refractivity contribution in [2.75, 3.05) is 13.2 Å². The molecule has 0 N–H and O–H groups in total. The smallest absolute Gasteiger partial charge is 0.306 e. The van der Waals surface area contributed by atoms with Gasteiger partial charge in [-0.25, -0.2) is 0 Å². The molecular weight excluding hydrogens is 937 g/mol. The van der Waals surface area contributed by atoms with Crippen molar-refractivity contribution in [3.63, 3.8) is 0 Å². The molecule has 0 saturated heterocycles. The van der Waals surface area contributed by atoms with Crippen molar-refractivity contribution in [3.05, 3.63) is 170 Å². The molecule has 0 spiro atoms. The number of ether oxygens (including phenoxy) is 3. The van der Waals surface area contributed by atoms with Crippen molar-refractivity contribution in [3.8, 4) is 0 Å². The summed E-state index contributed by atoms with van der Waals surface area (Å²) in [5, 5.41) is 0. The maximum Gasteiger partial charge on any atom is 0.306 e. The molecule has 76 heavy (non-hydrogen) atoms. The number of hydrogen-bond acceptors (Lipinski definition) is 6. The largest absolute Gasteiger partial charge is 0.462 e. The Kier molecular flexibility index (Phi) is 58.0. The molecule has 6 heteroatoms. The van der Waals surface area contributed by atoms with E-state index >= 15 is 0 Å². The standard InChI is InChI=1S/C70H108O6/c1-4-7-10-13-16-19-21-23-25-27-29-31-33-34-35-36-38-39-41-43-45-47-49-51-54-57-60-63-69(72)75-66-67(65-74-68(71)62-59-56-53-18-15-12-9-6-3)76-70(73)64-61-58-55-52-50-48-46-44-42-40-37-32-30-28-26-24-22-20-17-14-11-8-5-2/h7-8,10-11,16-17,19-20,23-26,29-32,34-35,38-40,42-43,45-46,48-49,51,67H,4-6,9,12-15,18,21-22,27-28,33,36-37,41,44,47,50,52-66H2,1-3H3/b10-7-,11-8-,19-16-,20-17-,25-23-,26-24-,31-29-,32-30-,35-34-,39-38-,42-40-,45-43-,48-46-,51-49-. The van der Waals surface area contributed by atoms with E-state index < -0.39 is 6.10 Å². The predicted octanol–water partition coefficient (Wildman–Crippen LogP) is 20.7. The summed E-state index contributed by atoms with van der Waals surface area (Å²) in [7, 11) is 0. The van der Waals surface area contributed by atoms with Crippen molar-refractivity contribution in [1.29, 1.82) is 0 Å². The summed E-state index contributed by atoms with van der Waals surface area (Å²) >= 11 is 0. The molecule has 0 fully saturated rings. The average Bonchev–Trinajstić information content (AvgIpc) is 3.42. The molecular formula is C70H108O6. The molecule has 0 aliphatic rings. The molecule has 1 atom stereocenters. The van der Waals surface area contributed by atoms with Crippen molar-refractivity contribution < 1.29 is 28.6 Å². The number of unbranched alkanes of at least 4 members (excludes halogenated alkanes) is 13. The summed E-state index contributed by atoms with van der Waals surface area (Å²) in [6.07, 6.45) is 92.2. The maximum atomic E-state index is 12.8. The number of allylic oxidation sites excluding steroid dienone is 28. The van der Waals surface area contributed by atoms with Gasteiger partial charge in [0.15, 0.2) is 6.10 Å². The Morgan fingerprint density at radius 2 is 0.513 bits per heavy atom. The number of carbonyl (C=O) groups excluding carboxylic acids is 3. The van der Waals surface area contributed by atoms with Crippen molar-refractivity contribution in [2.24, 2.45) is 0 Å². The Hall–Kier alpha value is -5.23. The summed E-state index contributed by atoms with van der Waals surface area (Å²) in [4.78, 5) is 38.1. The third-order valence-electron chi connectivity index (χ3n) is 12.0. The Balaban J connectivity index is 4.41. The Labute approximate surface area is 466 Å². The molecule has 1 unspecified atom stereocenters. The first kappa shape index (κ1) is 70.8. The minimum Gasteiger partial charge on any atom is -0.462 e. The van der Waals surface area contributed by atoms with Crippen molar-refractivity contribution in [2.45, 2.75) is 239 Å². The van der Waals surface area contributed by atoms with Crippen molar-refractivity contribution >= 4 is 17.9 Å². The summed E-state index contributed by atoms with van der Waals surface area (Å²) < 4.78 is 16.8. The molecule has 6 nitrogen and oxygen atoms in total. The van der Waals surface area contributed by atoms with Crippen LogP contribution in [0.25, 0.3) is 0 Å². The molecule has 0 bridgehead atoms. The van der Waals surface area contributed by atoms with Crippen molar-refractivity contribution in [1.82, 2.24) is 0 Å². The fourth-order valence-corrected chi connectivity index (χ4v) is 7.52. The molecule has 0 heterocycles. The first-order valence-corrected chi connectivity index (χ1v) is 30.1. The molecule has 0 aromatic heterocycles. The lowest BCUT2D eigenvalue weighted by molar-refractivity contribution is -0.167. The Bertz CT molecular complexity index is 1770. The van der Waals surface area contributed by atoms with Crippen LogP contribution in [0.4, 0.5) is 0 Å². The second-order valence-corrected chi connectivity index (χ2v) is 19.1. The molecule has 0 saturated carbocycles. The molecule has 0 rings (SSSR count). The van der Waals surface area contributed by atoms with E-state index in [9.17, 15) is 14.4 Å². The lowest BCUT2D eigenvalue weighted by atomic mass is 10.1. The van der Waals surface area contributed by atoms with Gasteiger partial charge < -0.3 is 14.2 Å². The molecule has 424 valence electrons. The lowest BCUT2D eigenvalue weighted by Crippen LogP contribution is -2.30. The van der Waals surface area contributed by atoms with Gasteiger partial charge in [-0.15, -0.1) is 0 Å². The van der Waals surface area contributed by atoms with E-state index in [4.69, 9.17) is 14.2 Å². The van der Waals surface area contributed by atoms with Gasteiger partial charge in [0.2, 0.25) is 0 Å². The van der Waals surface area contributed by atoms with Crippen LogP contribution in [0.5, 0.6) is 0 Å². The van der Waals surface area contributed by atoms with Gasteiger partial charge in [-0.05, 0) is 135 Å². The lowest BCUT2D eigenvalue weighted by Gasteiger charge is -2.18. The van der Waals surface area contributed by atoms with Crippen LogP contribution in [0.1, 0.15) is 233 Å². The highest BCUT2D eigenvalue weighted by Crippen LogP contribution is 2.13. The summed E-state index contributed by atoms with van der Waals surface area (Å²) in [6, 6.07) is 0. The number of rotatable bonds is 52. The van der Waals surface area contributed by atoms with Gasteiger partial charge in [0.05, 0.1) is 0 Å². The predicted molar refractivity (Wildman–Crippen MR) is 329 cm³/mol. The highest BCUT2D eigenvalue weighted by atomic mass is 16.6. The maximum absolute atomic E-state index is 12.8. The normalized spacial score (nSPS) is 13.4. The van der Waals surface area contributed by atoms with Gasteiger partial charge in [0, 0.05) is 19.3 Å². The minimum absolute atomic E-state index is 0.110. The van der Waals surface area contributed by atoms with Crippen LogP contribution in [0, 0.1) is 0 Å². The first-order valence-electron chi connectivity index (χ1n) is 30.1. The van der Waals surface area contributed by atoms with Crippen LogP contribution in [0.2, 0.25) is 0 Å².